The highest BCUT2D eigenvalue weighted by atomic mass is 35.5. The van der Waals surface area contributed by atoms with Crippen molar-refractivity contribution in [2.75, 3.05) is 20.7 Å². The van der Waals surface area contributed by atoms with E-state index in [4.69, 9.17) is 16.3 Å². The maximum atomic E-state index is 13.2. The van der Waals surface area contributed by atoms with Crippen LogP contribution >= 0.6 is 11.6 Å². The van der Waals surface area contributed by atoms with Gasteiger partial charge in [0.05, 0.1) is 17.3 Å². The Labute approximate surface area is 240 Å². The summed E-state index contributed by atoms with van der Waals surface area (Å²) in [6, 6.07) is 11.7. The number of aromatic nitrogens is 2. The number of ether oxygens (including phenoxy) is 1. The quantitative estimate of drug-likeness (QED) is 0.267. The first kappa shape index (κ1) is 30.8. The van der Waals surface area contributed by atoms with Gasteiger partial charge in [0, 0.05) is 37.3 Å². The first-order valence-corrected chi connectivity index (χ1v) is 13.6. The zero-order chi connectivity index (χ0) is 29.4. The number of nitrogens with one attached hydrogen (secondary N) is 1. The molecule has 1 unspecified atom stereocenters. The van der Waals surface area contributed by atoms with Gasteiger partial charge < -0.3 is 19.7 Å². The molecule has 0 saturated carbocycles. The third-order valence-corrected chi connectivity index (χ3v) is 6.91. The molecule has 0 fully saturated rings. The number of amides is 1. The van der Waals surface area contributed by atoms with Crippen molar-refractivity contribution in [2.24, 2.45) is 7.05 Å². The molecule has 2 atom stereocenters. The van der Waals surface area contributed by atoms with Crippen LogP contribution in [0, 0.1) is 0 Å². The SMILES string of the molecule is CCCOc1ccc(C(=O)N[C@@H](CCC(C(=O)O)N(C)C)Cc2ccc(-c3cn(C)c(C(C)=O)n3)cc2)cc1Cl. The van der Waals surface area contributed by atoms with Crippen molar-refractivity contribution in [3.63, 3.8) is 0 Å². The Bertz CT molecular complexity index is 1340. The number of halogens is 1. The van der Waals surface area contributed by atoms with Gasteiger partial charge in [-0.15, -0.1) is 0 Å². The normalized spacial score (nSPS) is 12.7. The van der Waals surface area contributed by atoms with Gasteiger partial charge in [-0.2, -0.15) is 0 Å². The minimum absolute atomic E-state index is 0.106. The van der Waals surface area contributed by atoms with Gasteiger partial charge in [-0.25, -0.2) is 4.98 Å². The smallest absolute Gasteiger partial charge is 0.320 e. The molecule has 0 aliphatic heterocycles. The molecule has 9 nitrogen and oxygen atoms in total. The lowest BCUT2D eigenvalue weighted by Crippen LogP contribution is -2.40. The Morgan fingerprint density at radius 1 is 1.12 bits per heavy atom. The van der Waals surface area contributed by atoms with E-state index in [9.17, 15) is 19.5 Å². The van der Waals surface area contributed by atoms with Gasteiger partial charge in [-0.1, -0.05) is 42.8 Å². The van der Waals surface area contributed by atoms with Gasteiger partial charge >= 0.3 is 5.97 Å². The van der Waals surface area contributed by atoms with E-state index in [2.05, 4.69) is 10.3 Å². The third-order valence-electron chi connectivity index (χ3n) is 6.61. The summed E-state index contributed by atoms with van der Waals surface area (Å²) in [6.07, 6.45) is 3.96. The highest BCUT2D eigenvalue weighted by Crippen LogP contribution is 2.26. The zero-order valence-corrected chi connectivity index (χ0v) is 24.4. The molecular formula is C30H37ClN4O5. The Hall–Kier alpha value is -3.69. The predicted molar refractivity (Wildman–Crippen MR) is 155 cm³/mol. The first-order valence-electron chi connectivity index (χ1n) is 13.3. The number of aliphatic carboxylic acids is 1. The Kier molecular flexibility index (Phi) is 10.9. The zero-order valence-electron chi connectivity index (χ0n) is 23.6. The number of likely N-dealkylation sites (N-methyl/N-ethyl adjacent to an activating group) is 1. The van der Waals surface area contributed by atoms with Gasteiger partial charge in [0.25, 0.3) is 5.91 Å². The van der Waals surface area contributed by atoms with Crippen LogP contribution in [0.25, 0.3) is 11.3 Å². The van der Waals surface area contributed by atoms with Crippen molar-refractivity contribution in [3.05, 3.63) is 70.6 Å². The number of nitrogens with zero attached hydrogens (tertiary/aromatic N) is 3. The number of carboxylic acids is 1. The molecule has 3 rings (SSSR count). The number of benzene rings is 2. The minimum atomic E-state index is -0.908. The van der Waals surface area contributed by atoms with Gasteiger partial charge in [-0.05, 0) is 63.5 Å². The molecule has 0 aliphatic carbocycles. The molecule has 40 heavy (non-hydrogen) atoms. The molecule has 214 valence electrons. The monoisotopic (exact) mass is 568 g/mol. The summed E-state index contributed by atoms with van der Waals surface area (Å²) in [6.45, 7) is 4.01. The van der Waals surface area contributed by atoms with Crippen LogP contribution in [0.15, 0.2) is 48.7 Å². The second-order valence-corrected chi connectivity index (χ2v) is 10.5. The lowest BCUT2D eigenvalue weighted by molar-refractivity contribution is -0.142. The number of aryl methyl sites for hydroxylation is 1. The number of hydrogen-bond acceptors (Lipinski definition) is 6. The van der Waals surface area contributed by atoms with E-state index >= 15 is 0 Å². The second kappa shape index (κ2) is 14.1. The summed E-state index contributed by atoms with van der Waals surface area (Å²) < 4.78 is 7.31. The fraction of sp³-hybridized carbons (Fsp3) is 0.400. The number of carbonyl (C=O) groups excluding carboxylic acids is 2. The molecule has 10 heteroatoms. The lowest BCUT2D eigenvalue weighted by Gasteiger charge is -2.24. The van der Waals surface area contributed by atoms with Crippen LogP contribution in [0.4, 0.5) is 0 Å². The van der Waals surface area contributed by atoms with Crippen LogP contribution in [0.2, 0.25) is 5.02 Å². The highest BCUT2D eigenvalue weighted by Gasteiger charge is 2.23. The van der Waals surface area contributed by atoms with Gasteiger partial charge in [0.15, 0.2) is 11.6 Å². The molecule has 0 saturated heterocycles. The van der Waals surface area contributed by atoms with Crippen LogP contribution in [-0.2, 0) is 18.3 Å². The van der Waals surface area contributed by atoms with Gasteiger partial charge in [-0.3, -0.25) is 19.3 Å². The first-order chi connectivity index (χ1) is 19.0. The Balaban J connectivity index is 1.78. The van der Waals surface area contributed by atoms with E-state index in [0.29, 0.717) is 53.7 Å². The molecule has 2 aromatic carbocycles. The maximum absolute atomic E-state index is 13.2. The van der Waals surface area contributed by atoms with Crippen LogP contribution in [0.1, 0.15) is 59.7 Å². The predicted octanol–water partition coefficient (Wildman–Crippen LogP) is 4.87. The second-order valence-electron chi connectivity index (χ2n) is 10.1. The number of carbonyl (C=O) groups is 3. The topological polar surface area (TPSA) is 114 Å². The van der Waals surface area contributed by atoms with Crippen LogP contribution in [-0.4, -0.2) is 70.0 Å². The molecule has 0 spiro atoms. The number of rotatable bonds is 14. The number of Topliss-reactive ketones (excluding diaryl/α,β-unsaturated/α-hetero) is 1. The van der Waals surface area contributed by atoms with Gasteiger partial charge in [0.1, 0.15) is 11.8 Å². The molecule has 0 bridgehead atoms. The summed E-state index contributed by atoms with van der Waals surface area (Å²) in [5, 5.41) is 13.1. The standard InChI is InChI=1S/C30H37ClN4O5/c1-6-15-40-27-14-11-22(17-24(27)31)29(37)32-23(12-13-26(30(38)39)34(3)4)16-20-7-9-21(10-8-20)25-18-35(5)28(33-25)19(2)36/h7-11,14,17-18,23,26H,6,12-13,15-16H2,1-5H3,(H,32,37)(H,38,39)/t23-,26?/m0/s1. The van der Waals surface area contributed by atoms with Crippen molar-refractivity contribution in [1.82, 2.24) is 19.8 Å². The van der Waals surface area contributed by atoms with E-state index in [-0.39, 0.29) is 17.7 Å². The molecule has 0 radical (unpaired) electrons. The molecule has 3 aromatic rings. The summed E-state index contributed by atoms with van der Waals surface area (Å²) in [5.41, 5.74) is 2.93. The maximum Gasteiger partial charge on any atom is 0.320 e. The van der Waals surface area contributed by atoms with Crippen molar-refractivity contribution < 1.29 is 24.2 Å². The van der Waals surface area contributed by atoms with Crippen molar-refractivity contribution in [3.8, 4) is 17.0 Å². The number of imidazole rings is 1. The highest BCUT2D eigenvalue weighted by molar-refractivity contribution is 6.32. The number of ketones is 1. The molecule has 1 aromatic heterocycles. The molecule has 1 heterocycles. The number of hydrogen-bond donors (Lipinski definition) is 2. The molecule has 1 amide bonds. The average molecular weight is 569 g/mol. The lowest BCUT2D eigenvalue weighted by atomic mass is 9.97. The van der Waals surface area contributed by atoms with E-state index < -0.39 is 12.0 Å². The molecule has 2 N–H and O–H groups in total. The van der Waals surface area contributed by atoms with E-state index in [1.165, 1.54) is 6.92 Å². The fourth-order valence-corrected chi connectivity index (χ4v) is 4.69. The van der Waals surface area contributed by atoms with Crippen molar-refractivity contribution in [1.29, 1.82) is 0 Å². The van der Waals surface area contributed by atoms with E-state index in [0.717, 1.165) is 17.5 Å². The third kappa shape index (κ3) is 8.16. The van der Waals surface area contributed by atoms with Crippen LogP contribution in [0.5, 0.6) is 5.75 Å². The van der Waals surface area contributed by atoms with Crippen LogP contribution in [0.3, 0.4) is 0 Å². The largest absolute Gasteiger partial charge is 0.492 e. The Morgan fingerprint density at radius 3 is 2.38 bits per heavy atom. The van der Waals surface area contributed by atoms with E-state index in [1.54, 1.807) is 48.8 Å². The Morgan fingerprint density at radius 2 is 1.82 bits per heavy atom. The van der Waals surface area contributed by atoms with Crippen LogP contribution < -0.4 is 10.1 Å². The average Bonchev–Trinajstić information content (AvgIpc) is 3.29. The summed E-state index contributed by atoms with van der Waals surface area (Å²) in [5.74, 6) is -0.399. The molecule has 0 aliphatic rings. The fourth-order valence-electron chi connectivity index (χ4n) is 4.46. The summed E-state index contributed by atoms with van der Waals surface area (Å²) in [4.78, 5) is 42.8. The minimum Gasteiger partial charge on any atom is -0.492 e. The van der Waals surface area contributed by atoms with E-state index in [1.807, 2.05) is 37.4 Å². The molecular weight excluding hydrogens is 532 g/mol. The summed E-state index contributed by atoms with van der Waals surface area (Å²) in [7, 11) is 5.24. The van der Waals surface area contributed by atoms with Crippen molar-refractivity contribution in [2.45, 2.75) is 51.6 Å². The van der Waals surface area contributed by atoms with Gasteiger partial charge in [0.2, 0.25) is 0 Å². The summed E-state index contributed by atoms with van der Waals surface area (Å²) >= 11 is 6.34. The number of carboxylic acid groups (broad SMARTS) is 1. The van der Waals surface area contributed by atoms with Crippen molar-refractivity contribution >= 4 is 29.3 Å².